The number of benzene rings is 1. The standard InChI is InChI=1S/C24H32BrClN2O7/c1-6-21(30)34-22(31)8-7-16(14-29)33-20-9-17(25)18(26)10-19(20)27(5)11-15-12-28(13-15)23(32)35-24(2,3)4/h9-10,14-16H,6-8,11-13H2,1-5H3. The minimum Gasteiger partial charge on any atom is -0.481 e. The predicted molar refractivity (Wildman–Crippen MR) is 135 cm³/mol. The van der Waals surface area contributed by atoms with Gasteiger partial charge in [0.25, 0.3) is 0 Å². The van der Waals surface area contributed by atoms with Crippen molar-refractivity contribution in [3.8, 4) is 5.75 Å². The molecule has 0 N–H and O–H groups in total. The fraction of sp³-hybridized carbons (Fsp3) is 0.583. The SMILES string of the molecule is CCC(=O)OC(=O)CCC(C=O)Oc1cc(Br)c(Cl)cc1N(C)CC1CN(C(=O)OC(C)(C)C)C1. The Morgan fingerprint density at radius 3 is 2.49 bits per heavy atom. The number of halogens is 2. The Balaban J connectivity index is 2.02. The van der Waals surface area contributed by atoms with Crippen LogP contribution in [0, 0.1) is 5.92 Å². The average molecular weight is 576 g/mol. The van der Waals surface area contributed by atoms with Gasteiger partial charge in [-0.3, -0.25) is 14.4 Å². The smallest absolute Gasteiger partial charge is 0.410 e. The van der Waals surface area contributed by atoms with E-state index in [0.717, 1.165) is 0 Å². The second kappa shape index (κ2) is 12.6. The fourth-order valence-electron chi connectivity index (χ4n) is 3.39. The van der Waals surface area contributed by atoms with Gasteiger partial charge in [0.15, 0.2) is 12.4 Å². The first kappa shape index (κ1) is 28.9. The normalized spacial score (nSPS) is 14.5. The van der Waals surface area contributed by atoms with Crippen molar-refractivity contribution < 1.29 is 33.4 Å². The lowest BCUT2D eigenvalue weighted by atomic mass is 10.00. The first-order chi connectivity index (χ1) is 16.3. The van der Waals surface area contributed by atoms with Crippen molar-refractivity contribution in [3.63, 3.8) is 0 Å². The number of carbonyl (C=O) groups is 4. The van der Waals surface area contributed by atoms with E-state index in [4.69, 9.17) is 21.1 Å². The van der Waals surface area contributed by atoms with Crippen molar-refractivity contribution >= 4 is 57.5 Å². The first-order valence-corrected chi connectivity index (χ1v) is 12.5. The van der Waals surface area contributed by atoms with Crippen LogP contribution in [0.4, 0.5) is 10.5 Å². The molecule has 0 saturated carbocycles. The van der Waals surface area contributed by atoms with Crippen LogP contribution in [0.1, 0.15) is 47.0 Å². The number of esters is 2. The van der Waals surface area contributed by atoms with E-state index in [2.05, 4.69) is 20.7 Å². The number of rotatable bonds is 10. The van der Waals surface area contributed by atoms with Crippen LogP contribution in [-0.2, 0) is 23.9 Å². The van der Waals surface area contributed by atoms with Crippen molar-refractivity contribution in [1.82, 2.24) is 4.90 Å². The summed E-state index contributed by atoms with van der Waals surface area (Å²) in [6, 6.07) is 3.39. The van der Waals surface area contributed by atoms with Gasteiger partial charge >= 0.3 is 18.0 Å². The minimum atomic E-state index is -0.925. The van der Waals surface area contributed by atoms with Crippen LogP contribution in [-0.4, -0.2) is 67.6 Å². The summed E-state index contributed by atoms with van der Waals surface area (Å²) < 4.78 is 16.5. The number of carbonyl (C=O) groups excluding carboxylic acids is 4. The highest BCUT2D eigenvalue weighted by Gasteiger charge is 2.34. The van der Waals surface area contributed by atoms with Crippen molar-refractivity contribution in [3.05, 3.63) is 21.6 Å². The molecule has 1 atom stereocenters. The molecular formula is C24H32BrClN2O7. The molecular weight excluding hydrogens is 544 g/mol. The largest absolute Gasteiger partial charge is 0.481 e. The van der Waals surface area contributed by atoms with Crippen LogP contribution in [0.15, 0.2) is 16.6 Å². The third kappa shape index (κ3) is 9.00. The topological polar surface area (TPSA) is 102 Å². The van der Waals surface area contributed by atoms with E-state index in [1.807, 2.05) is 32.7 Å². The molecule has 0 aliphatic carbocycles. The van der Waals surface area contributed by atoms with Gasteiger partial charge in [0.05, 0.1) is 10.7 Å². The van der Waals surface area contributed by atoms with Crippen molar-refractivity contribution in [2.24, 2.45) is 5.92 Å². The highest BCUT2D eigenvalue weighted by Crippen LogP contribution is 2.38. The summed E-state index contributed by atoms with van der Waals surface area (Å²) in [5.41, 5.74) is 0.112. The van der Waals surface area contributed by atoms with E-state index in [-0.39, 0.29) is 31.3 Å². The van der Waals surface area contributed by atoms with E-state index in [1.54, 1.807) is 24.0 Å². The van der Waals surface area contributed by atoms with Gasteiger partial charge in [-0.05, 0) is 48.8 Å². The van der Waals surface area contributed by atoms with Crippen LogP contribution in [0.2, 0.25) is 5.02 Å². The van der Waals surface area contributed by atoms with E-state index in [9.17, 15) is 19.2 Å². The molecule has 1 fully saturated rings. The number of hydrogen-bond donors (Lipinski definition) is 0. The summed E-state index contributed by atoms with van der Waals surface area (Å²) in [5.74, 6) is -0.704. The van der Waals surface area contributed by atoms with Crippen molar-refractivity contribution in [2.75, 3.05) is 31.6 Å². The fourth-order valence-corrected chi connectivity index (χ4v) is 3.87. The van der Waals surface area contributed by atoms with Crippen LogP contribution in [0.3, 0.4) is 0 Å². The zero-order chi connectivity index (χ0) is 26.3. The molecule has 11 heteroatoms. The summed E-state index contributed by atoms with van der Waals surface area (Å²) in [5, 5.41) is 0.465. The molecule has 0 spiro atoms. The van der Waals surface area contributed by atoms with Gasteiger partial charge in [-0.2, -0.15) is 0 Å². The summed E-state index contributed by atoms with van der Waals surface area (Å²) in [7, 11) is 1.87. The molecule has 0 bridgehead atoms. The second-order valence-corrected chi connectivity index (χ2v) is 10.7. The molecule has 2 rings (SSSR count). The number of hydrogen-bond acceptors (Lipinski definition) is 8. The predicted octanol–water partition coefficient (Wildman–Crippen LogP) is 4.61. The third-order valence-electron chi connectivity index (χ3n) is 5.13. The molecule has 1 aliphatic heterocycles. The molecule has 1 unspecified atom stereocenters. The van der Waals surface area contributed by atoms with Gasteiger partial charge < -0.3 is 24.0 Å². The molecule has 1 aromatic rings. The average Bonchev–Trinajstić information content (AvgIpc) is 2.73. The summed E-state index contributed by atoms with van der Waals surface area (Å²) in [4.78, 5) is 50.4. The third-order valence-corrected chi connectivity index (χ3v) is 6.33. The van der Waals surface area contributed by atoms with Gasteiger partial charge in [0.1, 0.15) is 11.4 Å². The van der Waals surface area contributed by atoms with Crippen molar-refractivity contribution in [1.29, 1.82) is 0 Å². The van der Waals surface area contributed by atoms with Gasteiger partial charge in [-0.25, -0.2) is 4.79 Å². The molecule has 1 heterocycles. The molecule has 1 amide bonds. The first-order valence-electron chi connectivity index (χ1n) is 11.4. The lowest BCUT2D eigenvalue weighted by molar-refractivity contribution is -0.159. The van der Waals surface area contributed by atoms with E-state index in [1.165, 1.54) is 0 Å². The van der Waals surface area contributed by atoms with E-state index in [0.29, 0.717) is 46.9 Å². The number of nitrogens with zero attached hydrogens (tertiary/aromatic N) is 2. The second-order valence-electron chi connectivity index (χ2n) is 9.40. The quantitative estimate of drug-likeness (QED) is 0.226. The number of amides is 1. The Morgan fingerprint density at radius 1 is 1.26 bits per heavy atom. The van der Waals surface area contributed by atoms with Crippen LogP contribution in [0.5, 0.6) is 5.75 Å². The number of likely N-dealkylation sites (tertiary alicyclic amines) is 1. The van der Waals surface area contributed by atoms with E-state index >= 15 is 0 Å². The molecule has 194 valence electrons. The van der Waals surface area contributed by atoms with Gasteiger partial charge in [0.2, 0.25) is 0 Å². The Morgan fingerprint density at radius 2 is 1.91 bits per heavy atom. The molecule has 0 radical (unpaired) electrons. The summed E-state index contributed by atoms with van der Waals surface area (Å²) in [6.45, 7) is 8.82. The van der Waals surface area contributed by atoms with Gasteiger partial charge in [0, 0.05) is 56.3 Å². The Labute approximate surface area is 219 Å². The van der Waals surface area contributed by atoms with E-state index < -0.39 is 23.6 Å². The lowest BCUT2D eigenvalue weighted by Gasteiger charge is -2.41. The Kier molecular flexibility index (Phi) is 10.4. The van der Waals surface area contributed by atoms with Crippen molar-refractivity contribution in [2.45, 2.75) is 58.7 Å². The maximum absolute atomic E-state index is 12.2. The lowest BCUT2D eigenvalue weighted by Crippen LogP contribution is -2.54. The summed E-state index contributed by atoms with van der Waals surface area (Å²) >= 11 is 9.69. The molecule has 1 saturated heterocycles. The highest BCUT2D eigenvalue weighted by molar-refractivity contribution is 9.10. The zero-order valence-corrected chi connectivity index (χ0v) is 23.0. The Hall–Kier alpha value is -2.33. The maximum Gasteiger partial charge on any atom is 0.410 e. The zero-order valence-electron chi connectivity index (χ0n) is 20.6. The van der Waals surface area contributed by atoms with Gasteiger partial charge in [-0.1, -0.05) is 18.5 Å². The monoisotopic (exact) mass is 574 g/mol. The minimum absolute atomic E-state index is 0.0518. The Bertz CT molecular complexity index is 945. The molecule has 1 aliphatic rings. The number of ether oxygens (including phenoxy) is 3. The van der Waals surface area contributed by atoms with Crippen LogP contribution < -0.4 is 9.64 Å². The highest BCUT2D eigenvalue weighted by atomic mass is 79.9. The summed E-state index contributed by atoms with van der Waals surface area (Å²) in [6.07, 6.45) is -0.657. The van der Waals surface area contributed by atoms with Crippen LogP contribution >= 0.6 is 27.5 Å². The molecule has 9 nitrogen and oxygen atoms in total. The number of anilines is 1. The number of aldehydes is 1. The molecule has 0 aromatic heterocycles. The maximum atomic E-state index is 12.2. The van der Waals surface area contributed by atoms with Crippen LogP contribution in [0.25, 0.3) is 0 Å². The molecule has 1 aromatic carbocycles. The molecule has 35 heavy (non-hydrogen) atoms. The van der Waals surface area contributed by atoms with Gasteiger partial charge in [-0.15, -0.1) is 0 Å².